The zero-order valence-electron chi connectivity index (χ0n) is 50.4. The number of hydrogen-bond donors (Lipinski definition) is 6. The molecule has 0 aromatic heterocycles. The number of carbonyl (C=O) groups is 1. The predicted molar refractivity (Wildman–Crippen MR) is 332 cm³/mol. The van der Waals surface area contributed by atoms with Crippen LogP contribution in [0.2, 0.25) is 0 Å². The molecule has 0 aromatic carbocycles. The molecule has 6 N–H and O–H groups in total. The Morgan fingerprint density at radius 2 is 0.808 bits per heavy atom. The van der Waals surface area contributed by atoms with Crippen molar-refractivity contribution in [1.29, 1.82) is 0 Å². The largest absolute Gasteiger partial charge is 0.394 e. The monoisotopic (exact) mass is 1090 g/mol. The minimum absolute atomic E-state index is 0.188. The van der Waals surface area contributed by atoms with E-state index in [0.29, 0.717) is 6.42 Å². The fraction of sp³-hybridized carbons (Fsp3) is 0.783. The maximum absolute atomic E-state index is 13.1. The second-order valence-corrected chi connectivity index (χ2v) is 22.5. The maximum Gasteiger partial charge on any atom is 0.220 e. The lowest BCUT2D eigenvalue weighted by Gasteiger charge is -2.40. The van der Waals surface area contributed by atoms with Gasteiger partial charge in [0, 0.05) is 6.42 Å². The van der Waals surface area contributed by atoms with Crippen LogP contribution in [0.15, 0.2) is 85.1 Å². The summed E-state index contributed by atoms with van der Waals surface area (Å²) in [5.74, 6) is -0.188. The van der Waals surface area contributed by atoms with Gasteiger partial charge in [-0.15, -0.1) is 0 Å². The molecular formula is C69H123NO8. The highest BCUT2D eigenvalue weighted by Gasteiger charge is 2.44. The van der Waals surface area contributed by atoms with E-state index in [0.717, 1.165) is 70.6 Å². The van der Waals surface area contributed by atoms with Crippen LogP contribution in [0.5, 0.6) is 0 Å². The Bertz CT molecular complexity index is 1500. The Morgan fingerprint density at radius 3 is 1.23 bits per heavy atom. The molecule has 0 saturated carbocycles. The van der Waals surface area contributed by atoms with Gasteiger partial charge in [0.25, 0.3) is 0 Å². The predicted octanol–water partition coefficient (Wildman–Crippen LogP) is 17.4. The first-order valence-electron chi connectivity index (χ1n) is 32.8. The first kappa shape index (κ1) is 73.4. The van der Waals surface area contributed by atoms with E-state index in [1.807, 2.05) is 6.08 Å². The normalized spacial score (nSPS) is 19.2. The molecule has 0 aliphatic carbocycles. The van der Waals surface area contributed by atoms with Gasteiger partial charge in [-0.1, -0.05) is 292 Å². The summed E-state index contributed by atoms with van der Waals surface area (Å²) in [6, 6.07) is -0.828. The number of ether oxygens (including phenoxy) is 2. The van der Waals surface area contributed by atoms with Crippen LogP contribution in [0.3, 0.4) is 0 Å². The van der Waals surface area contributed by atoms with Crippen molar-refractivity contribution in [1.82, 2.24) is 5.32 Å². The first-order valence-corrected chi connectivity index (χ1v) is 32.8. The molecule has 1 aliphatic rings. The highest BCUT2D eigenvalue weighted by molar-refractivity contribution is 5.76. The number of nitrogens with one attached hydrogen (secondary N) is 1. The fourth-order valence-electron chi connectivity index (χ4n) is 10.1. The van der Waals surface area contributed by atoms with Crippen molar-refractivity contribution in [2.45, 2.75) is 333 Å². The van der Waals surface area contributed by atoms with Crippen LogP contribution in [-0.4, -0.2) is 87.5 Å². The zero-order chi connectivity index (χ0) is 56.5. The molecule has 1 amide bonds. The summed E-state index contributed by atoms with van der Waals surface area (Å²) in [6.07, 6.45) is 75.3. The van der Waals surface area contributed by atoms with E-state index in [1.54, 1.807) is 6.08 Å². The number of aliphatic hydroxyl groups excluding tert-OH is 5. The zero-order valence-corrected chi connectivity index (χ0v) is 50.4. The number of hydrogen-bond acceptors (Lipinski definition) is 8. The van der Waals surface area contributed by atoms with Gasteiger partial charge in [0.1, 0.15) is 24.4 Å². The number of allylic oxidation sites excluding steroid dienone is 13. The Hall–Kier alpha value is -2.63. The molecule has 78 heavy (non-hydrogen) atoms. The number of amides is 1. The van der Waals surface area contributed by atoms with Crippen molar-refractivity contribution in [3.8, 4) is 0 Å². The van der Waals surface area contributed by atoms with Crippen LogP contribution in [0, 0.1) is 0 Å². The summed E-state index contributed by atoms with van der Waals surface area (Å²) in [7, 11) is 0. The van der Waals surface area contributed by atoms with Crippen molar-refractivity contribution >= 4 is 5.91 Å². The van der Waals surface area contributed by atoms with Gasteiger partial charge in [-0.2, -0.15) is 0 Å². The van der Waals surface area contributed by atoms with Crippen molar-refractivity contribution in [2.75, 3.05) is 13.2 Å². The molecule has 0 radical (unpaired) electrons. The summed E-state index contributed by atoms with van der Waals surface area (Å²) in [6.45, 7) is 3.68. The minimum atomic E-state index is -1.58. The number of rotatable bonds is 56. The van der Waals surface area contributed by atoms with Crippen LogP contribution >= 0.6 is 0 Å². The topological polar surface area (TPSA) is 149 Å². The molecule has 0 aromatic rings. The Kier molecular flexibility index (Phi) is 54.2. The fourth-order valence-corrected chi connectivity index (χ4v) is 10.1. The van der Waals surface area contributed by atoms with Gasteiger partial charge in [0.15, 0.2) is 6.29 Å². The third-order valence-corrected chi connectivity index (χ3v) is 15.2. The number of aliphatic hydroxyl groups is 5. The van der Waals surface area contributed by atoms with Crippen LogP contribution in [0.25, 0.3) is 0 Å². The van der Waals surface area contributed by atoms with Gasteiger partial charge in [-0.25, -0.2) is 0 Å². The van der Waals surface area contributed by atoms with E-state index in [1.165, 1.54) is 199 Å². The van der Waals surface area contributed by atoms with E-state index < -0.39 is 49.5 Å². The highest BCUT2D eigenvalue weighted by atomic mass is 16.7. The van der Waals surface area contributed by atoms with Gasteiger partial charge in [0.2, 0.25) is 5.91 Å². The molecule has 1 fully saturated rings. The molecule has 9 nitrogen and oxygen atoms in total. The Morgan fingerprint density at radius 1 is 0.449 bits per heavy atom. The van der Waals surface area contributed by atoms with E-state index in [9.17, 15) is 30.3 Å². The molecule has 7 atom stereocenters. The molecule has 452 valence electrons. The second kappa shape index (κ2) is 57.6. The summed E-state index contributed by atoms with van der Waals surface area (Å²) in [4.78, 5) is 13.1. The van der Waals surface area contributed by atoms with Crippen molar-refractivity contribution in [3.63, 3.8) is 0 Å². The quantitative estimate of drug-likeness (QED) is 0.0261. The van der Waals surface area contributed by atoms with Gasteiger partial charge in [0.05, 0.1) is 25.4 Å². The van der Waals surface area contributed by atoms with Crippen LogP contribution in [0.4, 0.5) is 0 Å². The Balaban J connectivity index is 2.19. The van der Waals surface area contributed by atoms with Gasteiger partial charge in [-0.3, -0.25) is 4.79 Å². The Labute approximate surface area is 480 Å². The van der Waals surface area contributed by atoms with Gasteiger partial charge >= 0.3 is 0 Å². The third kappa shape index (κ3) is 46.0. The summed E-state index contributed by atoms with van der Waals surface area (Å²) in [5, 5.41) is 54.7. The molecule has 9 heteroatoms. The minimum Gasteiger partial charge on any atom is -0.394 e. The SMILES string of the molecule is CC/C=C\C/C=C\C/C=C\C/C=C\C/C=C\CCCCCCCCCCCCCCCC(=O)NC(COC1OC(CO)C(O)C(O)C1O)C(O)/C=C/CC/C=C/CCCCCCCCCCCCCCCCCCCCCC. The average Bonchev–Trinajstić information content (AvgIpc) is 3.45. The number of unbranched alkanes of at least 4 members (excludes halogenated alkanes) is 34. The molecular weight excluding hydrogens is 971 g/mol. The summed E-state index contributed by atoms with van der Waals surface area (Å²) >= 11 is 0. The molecule has 1 aliphatic heterocycles. The smallest absolute Gasteiger partial charge is 0.220 e. The molecule has 1 rings (SSSR count). The second-order valence-electron chi connectivity index (χ2n) is 22.5. The van der Waals surface area contributed by atoms with E-state index in [4.69, 9.17) is 9.47 Å². The van der Waals surface area contributed by atoms with Crippen molar-refractivity contribution < 1.29 is 39.8 Å². The molecule has 0 spiro atoms. The van der Waals surface area contributed by atoms with Crippen LogP contribution in [0.1, 0.15) is 290 Å². The lowest BCUT2D eigenvalue weighted by molar-refractivity contribution is -0.302. The summed E-state index contributed by atoms with van der Waals surface area (Å²) in [5.41, 5.74) is 0. The highest BCUT2D eigenvalue weighted by Crippen LogP contribution is 2.23. The van der Waals surface area contributed by atoms with Gasteiger partial charge in [-0.05, 0) is 77.0 Å². The molecule has 7 unspecified atom stereocenters. The van der Waals surface area contributed by atoms with Gasteiger partial charge < -0.3 is 40.3 Å². The van der Waals surface area contributed by atoms with Crippen LogP contribution < -0.4 is 5.32 Å². The van der Waals surface area contributed by atoms with Crippen molar-refractivity contribution in [3.05, 3.63) is 85.1 Å². The molecule has 1 saturated heterocycles. The van der Waals surface area contributed by atoms with Crippen LogP contribution in [-0.2, 0) is 14.3 Å². The first-order chi connectivity index (χ1) is 38.3. The standard InChI is InChI=1S/C69H123NO8/c1-3-5-7-9-11-13-15-17-19-21-23-25-27-29-31-32-33-35-37-39-41-43-45-47-49-51-53-55-57-59-65(73)70-62(61-77-69-68(76)67(75)66(74)64(60-71)78-69)63(72)58-56-54-52-50-48-46-44-42-40-38-36-34-30-28-26-24-22-20-18-16-14-12-10-8-6-4-2/h5,7,11,13,17,19,23,25,29,31,48,50,56,58,62-64,66-69,71-72,74-76H,3-4,6,8-10,12,14-16,18,20-22,24,26-28,30,32-47,49,51-55,57,59-61H2,1-2H3,(H,70,73)/b7-5-,13-11-,19-17-,25-23-,31-29-,50-48+,58-56+. The van der Waals surface area contributed by atoms with E-state index in [-0.39, 0.29) is 12.5 Å². The molecule has 0 bridgehead atoms. The number of carbonyl (C=O) groups excluding carboxylic acids is 1. The lowest BCUT2D eigenvalue weighted by Crippen LogP contribution is -2.60. The van der Waals surface area contributed by atoms with E-state index >= 15 is 0 Å². The van der Waals surface area contributed by atoms with E-state index in [2.05, 4.69) is 92.1 Å². The maximum atomic E-state index is 13.1. The third-order valence-electron chi connectivity index (χ3n) is 15.2. The molecule has 1 heterocycles. The lowest BCUT2D eigenvalue weighted by atomic mass is 9.99. The van der Waals surface area contributed by atoms with Crippen molar-refractivity contribution in [2.24, 2.45) is 0 Å². The summed E-state index contributed by atoms with van der Waals surface area (Å²) < 4.78 is 11.3. The average molecular weight is 1090 g/mol.